The number of hydrogen-bond acceptors (Lipinski definition) is 2. The number of nitrogens with two attached hydrogens (primary N) is 1. The Bertz CT molecular complexity index is 434. The van der Waals surface area contributed by atoms with Gasteiger partial charge in [-0.2, -0.15) is 0 Å². The molecule has 0 bridgehead atoms. The Balaban J connectivity index is 2.90. The molecule has 1 atom stereocenters. The van der Waals surface area contributed by atoms with Crippen molar-refractivity contribution in [1.29, 1.82) is 0 Å². The lowest BCUT2D eigenvalue weighted by atomic mass is 9.94. The average molecular weight is 252 g/mol. The fourth-order valence-corrected chi connectivity index (χ4v) is 1.80. The van der Waals surface area contributed by atoms with Crippen molar-refractivity contribution in [3.8, 4) is 0 Å². The molecule has 18 heavy (non-hydrogen) atoms. The highest BCUT2D eigenvalue weighted by atomic mass is 19.1. The Labute approximate surface area is 108 Å². The molecule has 0 heterocycles. The molecule has 0 aromatic heterocycles. The third kappa shape index (κ3) is 3.53. The zero-order valence-corrected chi connectivity index (χ0v) is 11.2. The molecule has 3 nitrogen and oxygen atoms in total. The summed E-state index contributed by atoms with van der Waals surface area (Å²) in [5.74, 6) is -0.877. The third-order valence-corrected chi connectivity index (χ3v) is 3.26. The number of halogens is 1. The number of carbonyl (C=O) groups is 1. The van der Waals surface area contributed by atoms with Crippen molar-refractivity contribution in [3.05, 3.63) is 35.1 Å². The maximum Gasteiger partial charge on any atom is 0.254 e. The fraction of sp³-hybridized carbons (Fsp3) is 0.500. The van der Waals surface area contributed by atoms with Gasteiger partial charge in [0.25, 0.3) is 5.91 Å². The van der Waals surface area contributed by atoms with Crippen LogP contribution in [0.5, 0.6) is 0 Å². The van der Waals surface area contributed by atoms with Crippen LogP contribution in [-0.2, 0) is 0 Å². The molecule has 0 aliphatic heterocycles. The Morgan fingerprint density at radius 2 is 2.17 bits per heavy atom. The summed E-state index contributed by atoms with van der Waals surface area (Å²) in [5, 5.41) is 2.87. The summed E-state index contributed by atoms with van der Waals surface area (Å²) in [7, 11) is 0. The monoisotopic (exact) mass is 252 g/mol. The van der Waals surface area contributed by atoms with Gasteiger partial charge >= 0.3 is 0 Å². The molecule has 4 heteroatoms. The predicted molar refractivity (Wildman–Crippen MR) is 71.0 cm³/mol. The highest BCUT2D eigenvalue weighted by molar-refractivity contribution is 5.95. The van der Waals surface area contributed by atoms with Crippen LogP contribution in [0.4, 0.5) is 4.39 Å². The summed E-state index contributed by atoms with van der Waals surface area (Å²) in [5.41, 5.74) is 6.10. The lowest BCUT2D eigenvalue weighted by Gasteiger charge is -2.29. The molecule has 0 aliphatic carbocycles. The minimum atomic E-state index is -0.496. The molecule has 1 unspecified atom stereocenters. The second-order valence-electron chi connectivity index (χ2n) is 4.89. The van der Waals surface area contributed by atoms with E-state index in [1.807, 2.05) is 20.8 Å². The number of carbonyl (C=O) groups excluding carboxylic acids is 1. The molecule has 0 spiro atoms. The molecule has 1 rings (SSSR count). The van der Waals surface area contributed by atoms with E-state index in [0.717, 1.165) is 12.0 Å². The standard InChI is InChI=1S/C14H21FN2O/c1-4-14(3,7-8-16)17-13(18)11-9-10(2)5-6-12(11)15/h5-6,9H,4,7-8,16H2,1-3H3,(H,17,18). The second-order valence-corrected chi connectivity index (χ2v) is 4.89. The Morgan fingerprint density at radius 1 is 1.50 bits per heavy atom. The van der Waals surface area contributed by atoms with Gasteiger partial charge in [-0.25, -0.2) is 4.39 Å². The van der Waals surface area contributed by atoms with Gasteiger partial charge in [0.1, 0.15) is 5.82 Å². The molecular formula is C14H21FN2O. The van der Waals surface area contributed by atoms with Crippen LogP contribution in [0.1, 0.15) is 42.6 Å². The summed E-state index contributed by atoms with van der Waals surface area (Å²) in [6.07, 6.45) is 1.42. The van der Waals surface area contributed by atoms with E-state index in [-0.39, 0.29) is 17.0 Å². The number of aryl methyl sites for hydroxylation is 1. The van der Waals surface area contributed by atoms with Crippen LogP contribution in [0.15, 0.2) is 18.2 Å². The van der Waals surface area contributed by atoms with Crippen molar-refractivity contribution >= 4 is 5.91 Å². The number of hydrogen-bond donors (Lipinski definition) is 2. The lowest BCUT2D eigenvalue weighted by molar-refractivity contribution is 0.0895. The van der Waals surface area contributed by atoms with Gasteiger partial charge in [-0.3, -0.25) is 4.79 Å². The van der Waals surface area contributed by atoms with E-state index in [2.05, 4.69) is 5.32 Å². The highest BCUT2D eigenvalue weighted by Gasteiger charge is 2.25. The van der Waals surface area contributed by atoms with E-state index in [9.17, 15) is 9.18 Å². The number of nitrogens with one attached hydrogen (secondary N) is 1. The maximum atomic E-state index is 13.6. The summed E-state index contributed by atoms with van der Waals surface area (Å²) in [6.45, 7) is 6.21. The minimum Gasteiger partial charge on any atom is -0.347 e. The van der Waals surface area contributed by atoms with Crippen LogP contribution in [0.25, 0.3) is 0 Å². The molecule has 3 N–H and O–H groups in total. The fourth-order valence-electron chi connectivity index (χ4n) is 1.80. The van der Waals surface area contributed by atoms with Gasteiger partial charge < -0.3 is 11.1 Å². The van der Waals surface area contributed by atoms with Crippen LogP contribution in [0.2, 0.25) is 0 Å². The van der Waals surface area contributed by atoms with E-state index < -0.39 is 5.82 Å². The highest BCUT2D eigenvalue weighted by Crippen LogP contribution is 2.16. The molecule has 0 saturated heterocycles. The first-order valence-corrected chi connectivity index (χ1v) is 6.20. The van der Waals surface area contributed by atoms with Crippen LogP contribution < -0.4 is 11.1 Å². The zero-order chi connectivity index (χ0) is 13.8. The molecule has 0 aliphatic rings. The number of rotatable bonds is 5. The summed E-state index contributed by atoms with van der Waals surface area (Å²) in [6, 6.07) is 4.52. The molecule has 0 saturated carbocycles. The Morgan fingerprint density at radius 3 is 2.72 bits per heavy atom. The van der Waals surface area contributed by atoms with Gasteiger partial charge in [0.15, 0.2) is 0 Å². The largest absolute Gasteiger partial charge is 0.347 e. The van der Waals surface area contributed by atoms with E-state index in [0.29, 0.717) is 13.0 Å². The van der Waals surface area contributed by atoms with Gasteiger partial charge in [0.05, 0.1) is 5.56 Å². The smallest absolute Gasteiger partial charge is 0.254 e. The van der Waals surface area contributed by atoms with Crippen molar-refractivity contribution in [2.24, 2.45) is 5.73 Å². The molecule has 1 amide bonds. The summed E-state index contributed by atoms with van der Waals surface area (Å²) >= 11 is 0. The van der Waals surface area contributed by atoms with Crippen molar-refractivity contribution < 1.29 is 9.18 Å². The number of benzene rings is 1. The van der Waals surface area contributed by atoms with Gasteiger partial charge in [-0.15, -0.1) is 0 Å². The van der Waals surface area contributed by atoms with Gasteiger partial charge in [0, 0.05) is 5.54 Å². The van der Waals surface area contributed by atoms with Crippen LogP contribution in [0, 0.1) is 12.7 Å². The SMILES string of the molecule is CCC(C)(CCN)NC(=O)c1cc(C)ccc1F. The minimum absolute atomic E-state index is 0.0895. The van der Waals surface area contributed by atoms with E-state index in [1.165, 1.54) is 6.07 Å². The predicted octanol–water partition coefficient (Wildman–Crippen LogP) is 2.38. The first-order chi connectivity index (χ1) is 8.41. The molecule has 1 aromatic carbocycles. The molecular weight excluding hydrogens is 231 g/mol. The van der Waals surface area contributed by atoms with E-state index in [4.69, 9.17) is 5.73 Å². The molecule has 1 aromatic rings. The van der Waals surface area contributed by atoms with Crippen LogP contribution in [-0.4, -0.2) is 18.0 Å². The van der Waals surface area contributed by atoms with Crippen molar-refractivity contribution in [1.82, 2.24) is 5.32 Å². The van der Waals surface area contributed by atoms with Gasteiger partial charge in [-0.1, -0.05) is 18.6 Å². The quantitative estimate of drug-likeness (QED) is 0.845. The molecule has 0 radical (unpaired) electrons. The van der Waals surface area contributed by atoms with E-state index in [1.54, 1.807) is 12.1 Å². The summed E-state index contributed by atoms with van der Waals surface area (Å²) in [4.78, 5) is 12.1. The Hall–Kier alpha value is -1.42. The van der Waals surface area contributed by atoms with Crippen LogP contribution >= 0.6 is 0 Å². The summed E-state index contributed by atoms with van der Waals surface area (Å²) < 4.78 is 13.6. The van der Waals surface area contributed by atoms with Gasteiger partial charge in [-0.05, 0) is 45.4 Å². The van der Waals surface area contributed by atoms with Crippen molar-refractivity contribution in [2.75, 3.05) is 6.54 Å². The number of amides is 1. The van der Waals surface area contributed by atoms with Crippen molar-refractivity contribution in [2.45, 2.75) is 39.2 Å². The maximum absolute atomic E-state index is 13.6. The first kappa shape index (κ1) is 14.6. The van der Waals surface area contributed by atoms with Crippen LogP contribution in [0.3, 0.4) is 0 Å². The zero-order valence-electron chi connectivity index (χ0n) is 11.2. The molecule has 100 valence electrons. The molecule has 0 fully saturated rings. The topological polar surface area (TPSA) is 55.1 Å². The lowest BCUT2D eigenvalue weighted by Crippen LogP contribution is -2.47. The third-order valence-electron chi connectivity index (χ3n) is 3.26. The van der Waals surface area contributed by atoms with Gasteiger partial charge in [0.2, 0.25) is 0 Å². The second kappa shape index (κ2) is 5.96. The van der Waals surface area contributed by atoms with E-state index >= 15 is 0 Å². The first-order valence-electron chi connectivity index (χ1n) is 6.20. The Kier molecular flexibility index (Phi) is 4.84. The normalized spacial score (nSPS) is 14.1. The van der Waals surface area contributed by atoms with Crippen molar-refractivity contribution in [3.63, 3.8) is 0 Å². The average Bonchev–Trinajstić information content (AvgIpc) is 2.32.